The number of hydrogen-bond donors (Lipinski definition) is 2. The number of carbonyl (C=O) groups excluding carboxylic acids is 1. The highest BCUT2D eigenvalue weighted by molar-refractivity contribution is 5.73. The highest BCUT2D eigenvalue weighted by Crippen LogP contribution is 2.29. The molecule has 1 saturated carbocycles. The second kappa shape index (κ2) is 5.23. The minimum atomic E-state index is -0.0393. The van der Waals surface area contributed by atoms with E-state index >= 15 is 0 Å². The lowest BCUT2D eigenvalue weighted by Crippen LogP contribution is -2.47. The average molecular weight is 198 g/mol. The van der Waals surface area contributed by atoms with Crippen LogP contribution in [0, 0.1) is 11.8 Å². The Bertz CT molecular complexity index is 192. The predicted octanol–water partition coefficient (Wildman–Crippen LogP) is 2.13. The molecule has 3 nitrogen and oxygen atoms in total. The van der Waals surface area contributed by atoms with Crippen LogP contribution in [0.1, 0.15) is 39.5 Å². The molecule has 1 fully saturated rings. The molecule has 1 aliphatic carbocycles. The monoisotopic (exact) mass is 198 g/mol. The molecule has 0 aromatic rings. The van der Waals surface area contributed by atoms with Crippen molar-refractivity contribution < 1.29 is 4.79 Å². The molecule has 0 aromatic heterocycles. The average Bonchev–Trinajstić information content (AvgIpc) is 2.18. The van der Waals surface area contributed by atoms with Crippen molar-refractivity contribution in [2.24, 2.45) is 11.8 Å². The first-order valence-electron chi connectivity index (χ1n) is 5.63. The predicted molar refractivity (Wildman–Crippen MR) is 58.2 cm³/mol. The third-order valence-corrected chi connectivity index (χ3v) is 3.22. The molecule has 0 saturated heterocycles. The van der Waals surface area contributed by atoms with Crippen molar-refractivity contribution >= 4 is 6.03 Å². The van der Waals surface area contributed by atoms with Gasteiger partial charge in [-0.15, -0.1) is 0 Å². The lowest BCUT2D eigenvalue weighted by atomic mass is 9.78. The number of rotatable bonds is 2. The van der Waals surface area contributed by atoms with E-state index in [-0.39, 0.29) is 6.03 Å². The van der Waals surface area contributed by atoms with Gasteiger partial charge in [0.2, 0.25) is 0 Å². The summed E-state index contributed by atoms with van der Waals surface area (Å²) in [6.07, 6.45) is 4.95. The summed E-state index contributed by atoms with van der Waals surface area (Å²) in [6, 6.07) is 0.339. The van der Waals surface area contributed by atoms with E-state index in [2.05, 4.69) is 24.5 Å². The Morgan fingerprint density at radius 3 is 2.50 bits per heavy atom. The number of nitrogens with one attached hydrogen (secondary N) is 2. The van der Waals surface area contributed by atoms with Gasteiger partial charge in [0.15, 0.2) is 0 Å². The third-order valence-electron chi connectivity index (χ3n) is 3.22. The summed E-state index contributed by atoms with van der Waals surface area (Å²) in [5, 5.41) is 5.67. The van der Waals surface area contributed by atoms with Crippen LogP contribution in [0.2, 0.25) is 0 Å². The zero-order valence-electron chi connectivity index (χ0n) is 9.47. The Hall–Kier alpha value is -0.730. The van der Waals surface area contributed by atoms with Crippen LogP contribution >= 0.6 is 0 Å². The molecule has 82 valence electrons. The summed E-state index contributed by atoms with van der Waals surface area (Å²) < 4.78 is 0. The molecule has 0 radical (unpaired) electrons. The molecule has 1 aliphatic rings. The molecule has 0 aromatic carbocycles. The fourth-order valence-corrected chi connectivity index (χ4v) is 2.38. The fraction of sp³-hybridized carbons (Fsp3) is 0.909. The van der Waals surface area contributed by atoms with E-state index in [9.17, 15) is 4.79 Å². The minimum absolute atomic E-state index is 0.0393. The van der Waals surface area contributed by atoms with E-state index in [4.69, 9.17) is 0 Å². The van der Waals surface area contributed by atoms with E-state index in [0.717, 1.165) is 6.42 Å². The molecule has 0 aliphatic heterocycles. The summed E-state index contributed by atoms with van der Waals surface area (Å²) in [6.45, 7) is 4.49. The fourth-order valence-electron chi connectivity index (χ4n) is 2.38. The van der Waals surface area contributed by atoms with Crippen LogP contribution in [-0.2, 0) is 0 Å². The minimum Gasteiger partial charge on any atom is -0.341 e. The van der Waals surface area contributed by atoms with Crippen LogP contribution in [0.25, 0.3) is 0 Å². The number of urea groups is 1. The summed E-state index contributed by atoms with van der Waals surface area (Å²) in [5.74, 6) is 1.32. The molecule has 0 spiro atoms. The molecule has 3 heteroatoms. The highest BCUT2D eigenvalue weighted by Gasteiger charge is 2.28. The number of amides is 2. The van der Waals surface area contributed by atoms with Gasteiger partial charge in [0, 0.05) is 13.1 Å². The van der Waals surface area contributed by atoms with Crippen molar-refractivity contribution in [3.63, 3.8) is 0 Å². The van der Waals surface area contributed by atoms with Crippen molar-refractivity contribution in [3.05, 3.63) is 0 Å². The standard InChI is InChI=1S/C11H22N2O/c1-8(2)9-6-4-5-7-10(9)13-11(14)12-3/h8-10H,4-7H2,1-3H3,(H2,12,13,14)/t9-,10+/m0/s1. The zero-order chi connectivity index (χ0) is 10.6. The number of hydrogen-bond acceptors (Lipinski definition) is 1. The zero-order valence-corrected chi connectivity index (χ0v) is 9.47. The maximum atomic E-state index is 11.2. The molecular weight excluding hydrogens is 176 g/mol. The van der Waals surface area contributed by atoms with Crippen molar-refractivity contribution in [2.75, 3.05) is 7.05 Å². The van der Waals surface area contributed by atoms with E-state index in [1.165, 1.54) is 19.3 Å². The molecule has 0 bridgehead atoms. The normalized spacial score (nSPS) is 27.4. The second-order valence-corrected chi connectivity index (χ2v) is 4.52. The van der Waals surface area contributed by atoms with Gasteiger partial charge >= 0.3 is 6.03 Å². The second-order valence-electron chi connectivity index (χ2n) is 4.52. The molecule has 2 atom stereocenters. The quantitative estimate of drug-likeness (QED) is 0.701. The van der Waals surface area contributed by atoms with Crippen LogP contribution in [0.3, 0.4) is 0 Å². The largest absolute Gasteiger partial charge is 0.341 e. The van der Waals surface area contributed by atoms with Gasteiger partial charge in [-0.25, -0.2) is 4.79 Å². The Morgan fingerprint density at radius 2 is 1.93 bits per heavy atom. The number of carbonyl (C=O) groups is 1. The van der Waals surface area contributed by atoms with Crippen molar-refractivity contribution in [1.29, 1.82) is 0 Å². The van der Waals surface area contributed by atoms with Crippen LogP contribution in [0.5, 0.6) is 0 Å². The van der Waals surface area contributed by atoms with Crippen molar-refractivity contribution in [1.82, 2.24) is 10.6 Å². The maximum absolute atomic E-state index is 11.2. The Labute approximate surface area is 86.6 Å². The Kier molecular flexibility index (Phi) is 4.23. The molecule has 2 N–H and O–H groups in total. The van der Waals surface area contributed by atoms with Crippen LogP contribution in [0.15, 0.2) is 0 Å². The maximum Gasteiger partial charge on any atom is 0.314 e. The van der Waals surface area contributed by atoms with E-state index in [1.807, 2.05) is 0 Å². The van der Waals surface area contributed by atoms with Gasteiger partial charge in [0.05, 0.1) is 0 Å². The van der Waals surface area contributed by atoms with Crippen molar-refractivity contribution in [2.45, 2.75) is 45.6 Å². The molecule has 0 heterocycles. The van der Waals surface area contributed by atoms with E-state index < -0.39 is 0 Å². The first kappa shape index (κ1) is 11.3. The van der Waals surface area contributed by atoms with E-state index in [1.54, 1.807) is 7.05 Å². The highest BCUT2D eigenvalue weighted by atomic mass is 16.2. The first-order chi connectivity index (χ1) is 6.65. The Balaban J connectivity index is 2.49. The molecule has 14 heavy (non-hydrogen) atoms. The lowest BCUT2D eigenvalue weighted by Gasteiger charge is -2.34. The van der Waals surface area contributed by atoms with Gasteiger partial charge in [-0.3, -0.25) is 0 Å². The van der Waals surface area contributed by atoms with Gasteiger partial charge in [0.1, 0.15) is 0 Å². The Morgan fingerprint density at radius 1 is 1.29 bits per heavy atom. The molecular formula is C11H22N2O. The van der Waals surface area contributed by atoms with Gasteiger partial charge in [-0.2, -0.15) is 0 Å². The summed E-state index contributed by atoms with van der Waals surface area (Å²) in [5.41, 5.74) is 0. The first-order valence-corrected chi connectivity index (χ1v) is 5.63. The molecule has 1 rings (SSSR count). The topological polar surface area (TPSA) is 41.1 Å². The van der Waals surface area contributed by atoms with Crippen LogP contribution < -0.4 is 10.6 Å². The molecule has 2 amide bonds. The van der Waals surface area contributed by atoms with Crippen molar-refractivity contribution in [3.8, 4) is 0 Å². The summed E-state index contributed by atoms with van der Waals surface area (Å²) in [7, 11) is 1.67. The summed E-state index contributed by atoms with van der Waals surface area (Å²) in [4.78, 5) is 11.2. The van der Waals surface area contributed by atoms with Gasteiger partial charge < -0.3 is 10.6 Å². The van der Waals surface area contributed by atoms with Gasteiger partial charge in [-0.1, -0.05) is 26.7 Å². The summed E-state index contributed by atoms with van der Waals surface area (Å²) >= 11 is 0. The van der Waals surface area contributed by atoms with Gasteiger partial charge in [-0.05, 0) is 24.7 Å². The van der Waals surface area contributed by atoms with Gasteiger partial charge in [0.25, 0.3) is 0 Å². The van der Waals surface area contributed by atoms with E-state index in [0.29, 0.717) is 17.9 Å². The molecule has 0 unspecified atom stereocenters. The lowest BCUT2D eigenvalue weighted by molar-refractivity contribution is 0.195. The van der Waals surface area contributed by atoms with Crippen LogP contribution in [0.4, 0.5) is 4.79 Å². The smallest absolute Gasteiger partial charge is 0.314 e. The SMILES string of the molecule is CNC(=O)N[C@@H]1CCCC[C@H]1C(C)C. The van der Waals surface area contributed by atoms with Crippen LogP contribution in [-0.4, -0.2) is 19.1 Å². The third kappa shape index (κ3) is 2.89.